The minimum absolute atomic E-state index is 0.0846. The van der Waals surface area contributed by atoms with Crippen LogP contribution in [0.25, 0.3) is 0 Å². The first-order chi connectivity index (χ1) is 11.6. The van der Waals surface area contributed by atoms with Gasteiger partial charge in [0.05, 0.1) is 19.1 Å². The first kappa shape index (κ1) is 20.5. The molecule has 25 heavy (non-hydrogen) atoms. The fourth-order valence-electron chi connectivity index (χ4n) is 1.76. The van der Waals surface area contributed by atoms with Gasteiger partial charge in [-0.1, -0.05) is 0 Å². The van der Waals surface area contributed by atoms with Crippen molar-refractivity contribution >= 4 is 17.7 Å². The van der Waals surface area contributed by atoms with Crippen LogP contribution in [0.5, 0.6) is 0 Å². The van der Waals surface area contributed by atoms with E-state index < -0.39 is 48.6 Å². The smallest absolute Gasteiger partial charge is 0.316 e. The molecule has 0 saturated carbocycles. The first-order valence-corrected chi connectivity index (χ1v) is 7.39. The summed E-state index contributed by atoms with van der Waals surface area (Å²) in [6.07, 6.45) is -1.32. The van der Waals surface area contributed by atoms with Gasteiger partial charge in [-0.15, -0.1) is 10.2 Å². The Bertz CT molecular complexity index is 618. The molecule has 140 valence electrons. The summed E-state index contributed by atoms with van der Waals surface area (Å²) in [4.78, 5) is 34.4. The minimum Gasteiger partial charge on any atom is -0.421 e. The van der Waals surface area contributed by atoms with Gasteiger partial charge in [0.25, 0.3) is 0 Å². The lowest BCUT2D eigenvalue weighted by Gasteiger charge is -2.17. The number of rotatable bonds is 9. The van der Waals surface area contributed by atoms with Crippen LogP contribution in [0.4, 0.5) is 4.79 Å². The highest BCUT2D eigenvalue weighted by Gasteiger charge is 2.27. The van der Waals surface area contributed by atoms with Gasteiger partial charge in [0, 0.05) is 0 Å². The van der Waals surface area contributed by atoms with Crippen molar-refractivity contribution in [2.75, 3.05) is 6.61 Å². The molecule has 1 rings (SSSR count). The number of aromatic nitrogens is 2. The lowest BCUT2D eigenvalue weighted by molar-refractivity contribution is -0.120. The van der Waals surface area contributed by atoms with Crippen LogP contribution in [0.3, 0.4) is 0 Å². The van der Waals surface area contributed by atoms with E-state index in [2.05, 4.69) is 20.8 Å². The first-order valence-electron chi connectivity index (χ1n) is 7.39. The van der Waals surface area contributed by atoms with Gasteiger partial charge in [-0.05, 0) is 13.8 Å². The molecule has 1 aromatic rings. The standard InChI is InChI=1S/C13H22N6O6/c1-5(21)8(4-20)17-13(24)16-7(3-9(14)23)11-18-19-12(25-11)10(15)6(2)22/h6-8,10,20,22H,3-4,15H2,1-2H3,(H2,14,23)(H2,16,17,24)/t6?,7-,8+,10-/m0/s1. The van der Waals surface area contributed by atoms with E-state index in [1.54, 1.807) is 0 Å². The van der Waals surface area contributed by atoms with E-state index in [0.717, 1.165) is 0 Å². The molecule has 1 heterocycles. The SMILES string of the molecule is CC(=O)[C@@H](CO)NC(=O)N[C@@H](CC(N)=O)c1nnc([C@@H](N)C(C)O)o1. The van der Waals surface area contributed by atoms with Crippen LogP contribution < -0.4 is 22.1 Å². The van der Waals surface area contributed by atoms with E-state index in [1.165, 1.54) is 13.8 Å². The zero-order chi connectivity index (χ0) is 19.1. The molecular formula is C13H22N6O6. The summed E-state index contributed by atoms with van der Waals surface area (Å²) in [5.41, 5.74) is 10.8. The Morgan fingerprint density at radius 2 is 1.84 bits per heavy atom. The van der Waals surface area contributed by atoms with E-state index >= 15 is 0 Å². The summed E-state index contributed by atoms with van der Waals surface area (Å²) in [5, 5.41) is 30.4. The van der Waals surface area contributed by atoms with Gasteiger partial charge < -0.3 is 36.7 Å². The highest BCUT2D eigenvalue weighted by Crippen LogP contribution is 2.19. The fraction of sp³-hybridized carbons (Fsp3) is 0.615. The summed E-state index contributed by atoms with van der Waals surface area (Å²) < 4.78 is 5.28. The molecule has 0 fully saturated rings. The van der Waals surface area contributed by atoms with Gasteiger partial charge in [0.15, 0.2) is 5.78 Å². The number of Topliss-reactive ketones (excluding diaryl/α,β-unsaturated/α-hetero) is 1. The predicted octanol–water partition coefficient (Wildman–Crippen LogP) is -2.38. The summed E-state index contributed by atoms with van der Waals surface area (Å²) in [6.45, 7) is 2.04. The Hall–Kier alpha value is -2.57. The van der Waals surface area contributed by atoms with Gasteiger partial charge in [-0.3, -0.25) is 9.59 Å². The molecule has 0 saturated heterocycles. The number of carbonyl (C=O) groups is 3. The van der Waals surface area contributed by atoms with Crippen molar-refractivity contribution in [2.24, 2.45) is 11.5 Å². The number of nitrogens with zero attached hydrogens (tertiary/aromatic N) is 2. The van der Waals surface area contributed by atoms with Crippen molar-refractivity contribution in [3.05, 3.63) is 11.8 Å². The van der Waals surface area contributed by atoms with Crippen molar-refractivity contribution < 1.29 is 29.0 Å². The van der Waals surface area contributed by atoms with Crippen LogP contribution in [-0.2, 0) is 9.59 Å². The molecule has 0 aromatic carbocycles. The zero-order valence-electron chi connectivity index (χ0n) is 13.8. The molecule has 12 heteroatoms. The number of amides is 3. The van der Waals surface area contributed by atoms with Gasteiger partial charge in [-0.2, -0.15) is 0 Å². The normalized spacial score (nSPS) is 15.7. The summed E-state index contributed by atoms with van der Waals surface area (Å²) >= 11 is 0. The van der Waals surface area contributed by atoms with E-state index in [4.69, 9.17) is 21.0 Å². The molecule has 0 radical (unpaired) electrons. The average Bonchev–Trinajstić information content (AvgIpc) is 3.00. The summed E-state index contributed by atoms with van der Waals surface area (Å²) in [6, 6.07) is -3.97. The molecule has 4 atom stereocenters. The van der Waals surface area contributed by atoms with Crippen LogP contribution in [-0.4, -0.2) is 56.9 Å². The Labute approximate surface area is 143 Å². The molecule has 8 N–H and O–H groups in total. The van der Waals surface area contributed by atoms with Crippen LogP contribution in [0, 0.1) is 0 Å². The Balaban J connectivity index is 2.89. The van der Waals surface area contributed by atoms with E-state index in [1.807, 2.05) is 0 Å². The molecule has 0 bridgehead atoms. The number of carbonyl (C=O) groups excluding carboxylic acids is 3. The highest BCUT2D eigenvalue weighted by atomic mass is 16.4. The van der Waals surface area contributed by atoms with Crippen LogP contribution >= 0.6 is 0 Å². The van der Waals surface area contributed by atoms with Crippen molar-refractivity contribution in [1.82, 2.24) is 20.8 Å². The minimum atomic E-state index is -1.10. The van der Waals surface area contributed by atoms with Crippen molar-refractivity contribution in [3.63, 3.8) is 0 Å². The summed E-state index contributed by atoms with van der Waals surface area (Å²) in [5.74, 6) is -1.44. The Morgan fingerprint density at radius 3 is 2.32 bits per heavy atom. The number of nitrogens with one attached hydrogen (secondary N) is 2. The second kappa shape index (κ2) is 9.05. The second-order valence-electron chi connectivity index (χ2n) is 5.43. The molecule has 0 aliphatic carbocycles. The number of primary amides is 1. The molecule has 12 nitrogen and oxygen atoms in total. The largest absolute Gasteiger partial charge is 0.421 e. The number of aliphatic hydroxyl groups is 2. The van der Waals surface area contributed by atoms with E-state index in [-0.39, 0.29) is 18.2 Å². The molecule has 1 aromatic heterocycles. The topological polar surface area (TPSA) is 207 Å². The number of ketones is 1. The summed E-state index contributed by atoms with van der Waals surface area (Å²) in [7, 11) is 0. The third-order valence-electron chi connectivity index (χ3n) is 3.25. The molecular weight excluding hydrogens is 336 g/mol. The lowest BCUT2D eigenvalue weighted by atomic mass is 10.2. The molecule has 1 unspecified atom stereocenters. The lowest BCUT2D eigenvalue weighted by Crippen LogP contribution is -2.48. The third-order valence-corrected chi connectivity index (χ3v) is 3.25. The average molecular weight is 358 g/mol. The quantitative estimate of drug-likeness (QED) is 0.278. The second-order valence-corrected chi connectivity index (χ2v) is 5.43. The maximum Gasteiger partial charge on any atom is 0.316 e. The van der Waals surface area contributed by atoms with Crippen LogP contribution in [0.1, 0.15) is 44.1 Å². The fourth-order valence-corrected chi connectivity index (χ4v) is 1.76. The highest BCUT2D eigenvalue weighted by molar-refractivity contribution is 5.87. The molecule has 0 spiro atoms. The van der Waals surface area contributed by atoms with Crippen LogP contribution in [0.2, 0.25) is 0 Å². The monoisotopic (exact) mass is 358 g/mol. The predicted molar refractivity (Wildman–Crippen MR) is 82.7 cm³/mol. The number of hydrogen-bond acceptors (Lipinski definition) is 9. The zero-order valence-corrected chi connectivity index (χ0v) is 13.8. The van der Waals surface area contributed by atoms with Gasteiger partial charge in [0.2, 0.25) is 17.7 Å². The number of hydrogen-bond donors (Lipinski definition) is 6. The molecule has 0 aliphatic heterocycles. The van der Waals surface area contributed by atoms with E-state index in [9.17, 15) is 19.5 Å². The number of nitrogens with two attached hydrogens (primary N) is 2. The maximum absolute atomic E-state index is 11.9. The number of aliphatic hydroxyl groups excluding tert-OH is 2. The van der Waals surface area contributed by atoms with Gasteiger partial charge >= 0.3 is 6.03 Å². The van der Waals surface area contributed by atoms with Crippen molar-refractivity contribution in [2.45, 2.75) is 44.5 Å². The number of urea groups is 1. The maximum atomic E-state index is 11.9. The van der Waals surface area contributed by atoms with E-state index in [0.29, 0.717) is 0 Å². The Morgan fingerprint density at radius 1 is 1.24 bits per heavy atom. The van der Waals surface area contributed by atoms with Crippen molar-refractivity contribution in [1.29, 1.82) is 0 Å². The van der Waals surface area contributed by atoms with Crippen molar-refractivity contribution in [3.8, 4) is 0 Å². The van der Waals surface area contributed by atoms with Crippen LogP contribution in [0.15, 0.2) is 4.42 Å². The third kappa shape index (κ3) is 6.10. The molecule has 0 aliphatic rings. The van der Waals surface area contributed by atoms with Gasteiger partial charge in [0.1, 0.15) is 18.1 Å². The van der Waals surface area contributed by atoms with Gasteiger partial charge in [-0.25, -0.2) is 4.79 Å². The Kier molecular flexibility index (Phi) is 7.42. The molecule has 3 amide bonds.